The van der Waals surface area contributed by atoms with Gasteiger partial charge in [0, 0.05) is 20.8 Å². The number of thioether (sulfide) groups is 1. The van der Waals surface area contributed by atoms with Gasteiger partial charge in [-0.15, -0.1) is 5.10 Å². The van der Waals surface area contributed by atoms with Gasteiger partial charge in [-0.05, 0) is 52.4 Å². The van der Waals surface area contributed by atoms with Crippen LogP contribution in [0.15, 0.2) is 47.6 Å². The fraction of sp³-hybridized carbons (Fsp3) is 0.0714. The molecule has 3 rings (SSSR count). The summed E-state index contributed by atoms with van der Waals surface area (Å²) in [6.45, 7) is 0. The number of rotatable bonds is 4. The monoisotopic (exact) mass is 370 g/mol. The summed E-state index contributed by atoms with van der Waals surface area (Å²) in [5, 5.41) is 14.4. The maximum Gasteiger partial charge on any atom is 0.214 e. The predicted molar refractivity (Wildman–Crippen MR) is 90.2 cm³/mol. The van der Waals surface area contributed by atoms with Crippen molar-refractivity contribution in [1.29, 1.82) is 0 Å². The molecular weight excluding hydrogens is 363 g/mol. The number of benzene rings is 2. The van der Waals surface area contributed by atoms with E-state index in [-0.39, 0.29) is 0 Å². The molecule has 0 aliphatic carbocycles. The molecule has 0 amide bonds. The van der Waals surface area contributed by atoms with Crippen LogP contribution in [0.1, 0.15) is 5.56 Å². The quantitative estimate of drug-likeness (QED) is 0.611. The molecule has 3 aromatic rings. The minimum Gasteiger partial charge on any atom is -0.187 e. The molecule has 1 aromatic heterocycles. The Balaban J connectivity index is 1.79. The number of hydrogen-bond donors (Lipinski definition) is 0. The van der Waals surface area contributed by atoms with Gasteiger partial charge in [-0.2, -0.15) is 4.68 Å². The van der Waals surface area contributed by atoms with Crippen LogP contribution >= 0.6 is 46.6 Å². The standard InChI is InChI=1S/C14H9Cl3N4S/c15-10-3-5-12(6-4-10)21-14(18-19-20-21)22-8-9-1-2-11(16)7-13(9)17/h1-7H,8H2. The molecule has 0 fully saturated rings. The maximum absolute atomic E-state index is 6.17. The van der Waals surface area contributed by atoms with E-state index < -0.39 is 0 Å². The minimum absolute atomic E-state index is 0.616. The predicted octanol–water partition coefficient (Wildman–Crippen LogP) is 4.91. The van der Waals surface area contributed by atoms with Gasteiger partial charge >= 0.3 is 0 Å². The van der Waals surface area contributed by atoms with Crippen molar-refractivity contribution < 1.29 is 0 Å². The molecule has 112 valence electrons. The highest BCUT2D eigenvalue weighted by molar-refractivity contribution is 7.98. The van der Waals surface area contributed by atoms with Crippen molar-refractivity contribution in [3.8, 4) is 5.69 Å². The molecule has 0 aliphatic rings. The van der Waals surface area contributed by atoms with Gasteiger partial charge in [0.05, 0.1) is 5.69 Å². The highest BCUT2D eigenvalue weighted by Crippen LogP contribution is 2.28. The zero-order chi connectivity index (χ0) is 15.5. The van der Waals surface area contributed by atoms with E-state index in [2.05, 4.69) is 15.5 Å². The largest absolute Gasteiger partial charge is 0.214 e. The van der Waals surface area contributed by atoms with Crippen molar-refractivity contribution in [3.63, 3.8) is 0 Å². The van der Waals surface area contributed by atoms with Crippen LogP contribution < -0.4 is 0 Å². The first-order valence-electron chi connectivity index (χ1n) is 6.24. The van der Waals surface area contributed by atoms with E-state index in [1.807, 2.05) is 24.3 Å². The molecular formula is C14H9Cl3N4S. The molecule has 0 saturated heterocycles. The van der Waals surface area contributed by atoms with Gasteiger partial charge in [0.15, 0.2) is 0 Å². The third-order valence-electron chi connectivity index (χ3n) is 2.88. The second kappa shape index (κ2) is 6.87. The highest BCUT2D eigenvalue weighted by Gasteiger charge is 2.10. The highest BCUT2D eigenvalue weighted by atomic mass is 35.5. The molecule has 0 spiro atoms. The fourth-order valence-electron chi connectivity index (χ4n) is 1.79. The third kappa shape index (κ3) is 3.55. The Labute approximate surface area is 146 Å². The van der Waals surface area contributed by atoms with Gasteiger partial charge in [0.2, 0.25) is 5.16 Å². The molecule has 8 heteroatoms. The molecule has 0 saturated carbocycles. The van der Waals surface area contributed by atoms with Crippen molar-refractivity contribution >= 4 is 46.6 Å². The van der Waals surface area contributed by atoms with Crippen LogP contribution in [0.5, 0.6) is 0 Å². The van der Waals surface area contributed by atoms with Gasteiger partial charge in [-0.1, -0.05) is 52.6 Å². The lowest BCUT2D eigenvalue weighted by molar-refractivity contribution is 0.756. The van der Waals surface area contributed by atoms with E-state index in [9.17, 15) is 0 Å². The van der Waals surface area contributed by atoms with Crippen molar-refractivity contribution in [2.24, 2.45) is 0 Å². The maximum atomic E-state index is 6.17. The molecule has 0 aliphatic heterocycles. The molecule has 0 radical (unpaired) electrons. The van der Waals surface area contributed by atoms with E-state index in [0.717, 1.165) is 11.3 Å². The molecule has 1 heterocycles. The number of aromatic nitrogens is 4. The lowest BCUT2D eigenvalue weighted by Gasteiger charge is -2.06. The summed E-state index contributed by atoms with van der Waals surface area (Å²) < 4.78 is 1.66. The molecule has 0 N–H and O–H groups in total. The zero-order valence-corrected chi connectivity index (χ0v) is 14.2. The average molecular weight is 372 g/mol. The average Bonchev–Trinajstić information content (AvgIpc) is 2.95. The Kier molecular flexibility index (Phi) is 4.88. The second-order valence-corrected chi connectivity index (χ2v) is 6.60. The first-order chi connectivity index (χ1) is 10.6. The Morgan fingerprint density at radius 3 is 2.41 bits per heavy atom. The summed E-state index contributed by atoms with van der Waals surface area (Å²) in [6.07, 6.45) is 0. The Morgan fingerprint density at radius 2 is 1.68 bits per heavy atom. The molecule has 0 atom stereocenters. The van der Waals surface area contributed by atoms with Crippen LogP contribution in [0, 0.1) is 0 Å². The zero-order valence-electron chi connectivity index (χ0n) is 11.1. The third-order valence-corrected chi connectivity index (χ3v) is 4.69. The Morgan fingerprint density at radius 1 is 0.955 bits per heavy atom. The molecule has 0 unspecified atom stereocenters. The molecule has 4 nitrogen and oxygen atoms in total. The lowest BCUT2D eigenvalue weighted by Crippen LogP contribution is -1.98. The first-order valence-corrected chi connectivity index (χ1v) is 8.36. The fourth-order valence-corrected chi connectivity index (χ4v) is 3.37. The number of tetrazole rings is 1. The van der Waals surface area contributed by atoms with Gasteiger partial charge in [0.1, 0.15) is 0 Å². The van der Waals surface area contributed by atoms with Crippen LogP contribution in [0.3, 0.4) is 0 Å². The van der Waals surface area contributed by atoms with Crippen LogP contribution in [-0.4, -0.2) is 20.2 Å². The summed E-state index contributed by atoms with van der Waals surface area (Å²) in [6, 6.07) is 12.7. The number of halogens is 3. The summed E-state index contributed by atoms with van der Waals surface area (Å²) >= 11 is 19.5. The van der Waals surface area contributed by atoms with E-state index in [4.69, 9.17) is 34.8 Å². The van der Waals surface area contributed by atoms with Crippen molar-refractivity contribution in [2.75, 3.05) is 0 Å². The van der Waals surface area contributed by atoms with Crippen molar-refractivity contribution in [1.82, 2.24) is 20.2 Å². The van der Waals surface area contributed by atoms with Crippen molar-refractivity contribution in [3.05, 3.63) is 63.1 Å². The Bertz CT molecular complexity index is 789. The van der Waals surface area contributed by atoms with E-state index >= 15 is 0 Å². The number of nitrogens with zero attached hydrogens (tertiary/aromatic N) is 4. The van der Waals surface area contributed by atoms with Gasteiger partial charge in [0.25, 0.3) is 0 Å². The van der Waals surface area contributed by atoms with Gasteiger partial charge in [-0.3, -0.25) is 0 Å². The number of hydrogen-bond acceptors (Lipinski definition) is 4. The van der Waals surface area contributed by atoms with Gasteiger partial charge in [-0.25, -0.2) is 0 Å². The van der Waals surface area contributed by atoms with Crippen LogP contribution in [0.2, 0.25) is 15.1 Å². The topological polar surface area (TPSA) is 43.6 Å². The smallest absolute Gasteiger partial charge is 0.187 e. The SMILES string of the molecule is Clc1ccc(-n2nnnc2SCc2ccc(Cl)cc2Cl)cc1. The summed E-state index contributed by atoms with van der Waals surface area (Å²) in [7, 11) is 0. The summed E-state index contributed by atoms with van der Waals surface area (Å²) in [4.78, 5) is 0. The van der Waals surface area contributed by atoms with Crippen LogP contribution in [0.4, 0.5) is 0 Å². The van der Waals surface area contributed by atoms with E-state index in [1.54, 1.807) is 22.9 Å². The molecule has 2 aromatic carbocycles. The van der Waals surface area contributed by atoms with Gasteiger partial charge < -0.3 is 0 Å². The van der Waals surface area contributed by atoms with Crippen LogP contribution in [-0.2, 0) is 5.75 Å². The molecule has 0 bridgehead atoms. The Hall–Kier alpha value is -1.27. The summed E-state index contributed by atoms with van der Waals surface area (Å²) in [5.41, 5.74) is 1.82. The second-order valence-electron chi connectivity index (χ2n) is 4.37. The molecule has 22 heavy (non-hydrogen) atoms. The lowest BCUT2D eigenvalue weighted by atomic mass is 10.2. The first kappa shape index (κ1) is 15.6. The minimum atomic E-state index is 0.616. The summed E-state index contributed by atoms with van der Waals surface area (Å²) in [5.74, 6) is 0.643. The van der Waals surface area contributed by atoms with E-state index in [0.29, 0.717) is 26.0 Å². The normalized spacial score (nSPS) is 10.9. The van der Waals surface area contributed by atoms with Crippen LogP contribution in [0.25, 0.3) is 5.69 Å². The van der Waals surface area contributed by atoms with E-state index in [1.165, 1.54) is 11.8 Å². The van der Waals surface area contributed by atoms with Crippen molar-refractivity contribution in [2.45, 2.75) is 10.9 Å².